The predicted molar refractivity (Wildman–Crippen MR) is 80.2 cm³/mol. The SMILES string of the molecule is O=C1NC2=C(Cc3cc(-n4ccnc4)ccc32)N2C=CNC12. The Hall–Kier alpha value is -3.02. The number of hydrogen-bond acceptors (Lipinski definition) is 4. The fourth-order valence-electron chi connectivity index (χ4n) is 3.35. The third-order valence-electron chi connectivity index (χ3n) is 4.38. The Morgan fingerprint density at radius 2 is 2.27 bits per heavy atom. The Balaban J connectivity index is 1.59. The average Bonchev–Trinajstić information content (AvgIpc) is 3.26. The van der Waals surface area contributed by atoms with Crippen LogP contribution in [0.4, 0.5) is 0 Å². The monoisotopic (exact) mass is 291 g/mol. The quantitative estimate of drug-likeness (QED) is 0.820. The van der Waals surface area contributed by atoms with Gasteiger partial charge in [-0.15, -0.1) is 0 Å². The van der Waals surface area contributed by atoms with Crippen LogP contribution in [0.2, 0.25) is 0 Å². The van der Waals surface area contributed by atoms with E-state index in [1.54, 1.807) is 12.5 Å². The minimum atomic E-state index is -0.318. The number of hydrogen-bond donors (Lipinski definition) is 2. The van der Waals surface area contributed by atoms with Crippen LogP contribution in [0.15, 0.2) is 55.0 Å². The number of fused-ring (bicyclic) bond motifs is 4. The highest BCUT2D eigenvalue weighted by Gasteiger charge is 2.39. The number of aromatic nitrogens is 2. The number of rotatable bonds is 1. The minimum absolute atomic E-state index is 0.0183. The van der Waals surface area contributed by atoms with Crippen LogP contribution in [0.25, 0.3) is 11.4 Å². The van der Waals surface area contributed by atoms with Crippen molar-refractivity contribution in [2.75, 3.05) is 0 Å². The Bertz CT molecular complexity index is 849. The van der Waals surface area contributed by atoms with Crippen molar-refractivity contribution < 1.29 is 4.79 Å². The second kappa shape index (κ2) is 4.00. The molecule has 2 aliphatic heterocycles. The van der Waals surface area contributed by atoms with E-state index in [2.05, 4.69) is 27.8 Å². The molecule has 6 heteroatoms. The molecule has 108 valence electrons. The maximum Gasteiger partial charge on any atom is 0.268 e. The summed E-state index contributed by atoms with van der Waals surface area (Å²) < 4.78 is 1.98. The molecule has 0 bridgehead atoms. The third kappa shape index (κ3) is 1.43. The molecule has 0 spiro atoms. The van der Waals surface area contributed by atoms with E-state index < -0.39 is 0 Å². The van der Waals surface area contributed by atoms with E-state index in [4.69, 9.17) is 0 Å². The Morgan fingerprint density at radius 3 is 3.14 bits per heavy atom. The van der Waals surface area contributed by atoms with Crippen LogP contribution in [0, 0.1) is 0 Å². The zero-order valence-electron chi connectivity index (χ0n) is 11.7. The van der Waals surface area contributed by atoms with Gasteiger partial charge in [0.1, 0.15) is 0 Å². The molecule has 3 aliphatic rings. The summed E-state index contributed by atoms with van der Waals surface area (Å²) in [5.74, 6) is -0.0183. The number of nitrogens with zero attached hydrogens (tertiary/aromatic N) is 3. The smallest absolute Gasteiger partial charge is 0.268 e. The molecule has 0 fully saturated rings. The van der Waals surface area contributed by atoms with Crippen LogP contribution in [-0.2, 0) is 11.2 Å². The van der Waals surface area contributed by atoms with Gasteiger partial charge in [-0.1, -0.05) is 6.07 Å². The highest BCUT2D eigenvalue weighted by molar-refractivity contribution is 5.96. The molecule has 1 unspecified atom stereocenters. The first kappa shape index (κ1) is 11.6. The lowest BCUT2D eigenvalue weighted by Crippen LogP contribution is -2.51. The molecule has 1 aromatic carbocycles. The summed E-state index contributed by atoms with van der Waals surface area (Å²) >= 11 is 0. The summed E-state index contributed by atoms with van der Waals surface area (Å²) in [6.07, 6.45) is 9.73. The van der Waals surface area contributed by atoms with Gasteiger partial charge >= 0.3 is 0 Å². The molecule has 1 aliphatic carbocycles. The summed E-state index contributed by atoms with van der Waals surface area (Å²) in [4.78, 5) is 18.3. The lowest BCUT2D eigenvalue weighted by molar-refractivity contribution is -0.124. The van der Waals surface area contributed by atoms with Gasteiger partial charge in [-0.3, -0.25) is 4.79 Å². The fraction of sp³-hybridized carbons (Fsp3) is 0.125. The van der Waals surface area contributed by atoms with E-state index in [0.29, 0.717) is 0 Å². The molecule has 0 saturated carbocycles. The Morgan fingerprint density at radius 1 is 1.32 bits per heavy atom. The van der Waals surface area contributed by atoms with Crippen LogP contribution in [-0.4, -0.2) is 26.5 Å². The number of carbonyl (C=O) groups is 1. The number of benzene rings is 1. The van der Waals surface area contributed by atoms with Gasteiger partial charge in [0, 0.05) is 48.2 Å². The van der Waals surface area contributed by atoms with Gasteiger partial charge < -0.3 is 20.1 Å². The third-order valence-corrected chi connectivity index (χ3v) is 4.38. The zero-order valence-corrected chi connectivity index (χ0v) is 11.7. The first-order valence-corrected chi connectivity index (χ1v) is 7.18. The average molecular weight is 291 g/mol. The molecular weight excluding hydrogens is 278 g/mol. The van der Waals surface area contributed by atoms with E-state index in [9.17, 15) is 4.79 Å². The van der Waals surface area contributed by atoms with Gasteiger partial charge in [-0.25, -0.2) is 4.98 Å². The van der Waals surface area contributed by atoms with Crippen molar-refractivity contribution >= 4 is 11.6 Å². The summed E-state index contributed by atoms with van der Waals surface area (Å²) in [6, 6.07) is 6.28. The summed E-state index contributed by atoms with van der Waals surface area (Å²) in [6.45, 7) is 0. The Kier molecular flexibility index (Phi) is 2.11. The van der Waals surface area contributed by atoms with Gasteiger partial charge in [0.2, 0.25) is 0 Å². The summed E-state index contributed by atoms with van der Waals surface area (Å²) in [5.41, 5.74) is 5.47. The molecule has 0 saturated heterocycles. The highest BCUT2D eigenvalue weighted by Crippen LogP contribution is 2.38. The van der Waals surface area contributed by atoms with Gasteiger partial charge in [0.15, 0.2) is 6.17 Å². The van der Waals surface area contributed by atoms with Crippen molar-refractivity contribution in [1.29, 1.82) is 0 Å². The first-order chi connectivity index (χ1) is 10.8. The highest BCUT2D eigenvalue weighted by atomic mass is 16.2. The van der Waals surface area contributed by atoms with Crippen molar-refractivity contribution in [3.63, 3.8) is 0 Å². The lowest BCUT2D eigenvalue weighted by atomic mass is 10.1. The maximum atomic E-state index is 12.2. The van der Waals surface area contributed by atoms with E-state index in [1.165, 1.54) is 5.56 Å². The van der Waals surface area contributed by atoms with Gasteiger partial charge in [0.05, 0.1) is 12.0 Å². The van der Waals surface area contributed by atoms with E-state index in [-0.39, 0.29) is 12.1 Å². The molecule has 5 rings (SSSR count). The number of carbonyl (C=O) groups excluding carboxylic acids is 1. The predicted octanol–water partition coefficient (Wildman–Crippen LogP) is 0.929. The van der Waals surface area contributed by atoms with Crippen LogP contribution in [0.5, 0.6) is 0 Å². The second-order valence-electron chi connectivity index (χ2n) is 5.59. The molecule has 1 atom stereocenters. The van der Waals surface area contributed by atoms with Gasteiger partial charge in [0.25, 0.3) is 5.91 Å². The molecule has 3 heterocycles. The van der Waals surface area contributed by atoms with Crippen molar-refractivity contribution in [2.45, 2.75) is 12.6 Å². The zero-order chi connectivity index (χ0) is 14.7. The lowest BCUT2D eigenvalue weighted by Gasteiger charge is -2.31. The van der Waals surface area contributed by atoms with Crippen LogP contribution < -0.4 is 10.6 Å². The maximum absolute atomic E-state index is 12.2. The summed E-state index contributed by atoms with van der Waals surface area (Å²) in [5, 5.41) is 6.11. The fourth-order valence-corrected chi connectivity index (χ4v) is 3.35. The molecule has 2 aromatic rings. The first-order valence-electron chi connectivity index (χ1n) is 7.18. The largest absolute Gasteiger partial charge is 0.362 e. The van der Waals surface area contributed by atoms with Crippen molar-refractivity contribution in [3.05, 3.63) is 66.1 Å². The molecular formula is C16H13N5O. The Labute approximate surface area is 126 Å². The van der Waals surface area contributed by atoms with Crippen molar-refractivity contribution in [1.82, 2.24) is 25.1 Å². The van der Waals surface area contributed by atoms with Crippen molar-refractivity contribution in [2.24, 2.45) is 0 Å². The number of allylic oxidation sites excluding steroid dienone is 1. The van der Waals surface area contributed by atoms with E-state index in [1.807, 2.05) is 34.1 Å². The molecule has 0 radical (unpaired) electrons. The van der Waals surface area contributed by atoms with Crippen LogP contribution in [0.1, 0.15) is 11.1 Å². The number of imidazole rings is 1. The van der Waals surface area contributed by atoms with Crippen molar-refractivity contribution in [3.8, 4) is 5.69 Å². The topological polar surface area (TPSA) is 62.2 Å². The van der Waals surface area contributed by atoms with Gasteiger partial charge in [-0.2, -0.15) is 0 Å². The minimum Gasteiger partial charge on any atom is -0.362 e. The van der Waals surface area contributed by atoms with Gasteiger partial charge in [-0.05, 0) is 17.7 Å². The van der Waals surface area contributed by atoms with E-state index in [0.717, 1.165) is 29.1 Å². The van der Waals surface area contributed by atoms with E-state index >= 15 is 0 Å². The molecule has 1 aromatic heterocycles. The van der Waals surface area contributed by atoms with Crippen LogP contribution >= 0.6 is 0 Å². The normalized spacial score (nSPS) is 21.4. The number of amides is 1. The number of nitrogens with one attached hydrogen (secondary N) is 2. The second-order valence-corrected chi connectivity index (χ2v) is 5.59. The summed E-state index contributed by atoms with van der Waals surface area (Å²) in [7, 11) is 0. The molecule has 22 heavy (non-hydrogen) atoms. The van der Waals surface area contributed by atoms with Crippen LogP contribution in [0.3, 0.4) is 0 Å². The molecule has 6 nitrogen and oxygen atoms in total. The standard InChI is InChI=1S/C16H13N5O/c22-16-15-18-4-6-21(15)13-8-10-7-11(20-5-3-17-9-20)1-2-12(10)14(13)19-16/h1-7,9,15,18H,8H2,(H,19,22). The molecule has 1 amide bonds. The molecule has 2 N–H and O–H groups in total.